The van der Waals surface area contributed by atoms with Crippen LogP contribution in [-0.2, 0) is 14.4 Å². The first-order valence-electron chi connectivity index (χ1n) is 8.02. The molecule has 0 bridgehead atoms. The number of carbonyl (C=O) groups excluding carboxylic acids is 2. The zero-order valence-corrected chi connectivity index (χ0v) is 14.8. The molecule has 3 rings (SSSR count). The van der Waals surface area contributed by atoms with Crippen LogP contribution >= 0.6 is 11.3 Å². The van der Waals surface area contributed by atoms with Crippen molar-refractivity contribution in [3.05, 3.63) is 23.6 Å². The summed E-state index contributed by atoms with van der Waals surface area (Å²) in [5.74, 6) is -0.865. The van der Waals surface area contributed by atoms with Gasteiger partial charge in [-0.25, -0.2) is 4.98 Å². The molecular weight excluding hydrogens is 358 g/mol. The number of carbonyl (C=O) groups is 3. The number of hydrogen-bond donors (Lipinski definition) is 2. The molecule has 2 aromatic rings. The van der Waals surface area contributed by atoms with Gasteiger partial charge in [0, 0.05) is 23.9 Å². The second-order valence-corrected chi connectivity index (χ2v) is 6.45. The van der Waals surface area contributed by atoms with Gasteiger partial charge in [-0.05, 0) is 25.1 Å². The molecule has 0 atom stereocenters. The maximum atomic E-state index is 12.0. The lowest BCUT2D eigenvalue weighted by molar-refractivity contribution is -0.138. The van der Waals surface area contributed by atoms with Crippen molar-refractivity contribution < 1.29 is 24.2 Å². The summed E-state index contributed by atoms with van der Waals surface area (Å²) in [5.41, 5.74) is 2.14. The maximum absolute atomic E-state index is 12.0. The van der Waals surface area contributed by atoms with Crippen molar-refractivity contribution in [1.82, 2.24) is 4.98 Å². The number of carboxylic acid groups (broad SMARTS) is 1. The van der Waals surface area contributed by atoms with Crippen molar-refractivity contribution in [3.8, 4) is 17.0 Å². The molecule has 1 aliphatic rings. The highest BCUT2D eigenvalue weighted by Gasteiger charge is 2.24. The average Bonchev–Trinajstić information content (AvgIpc) is 3.08. The van der Waals surface area contributed by atoms with E-state index in [-0.39, 0.29) is 25.4 Å². The molecule has 1 aromatic carbocycles. The predicted molar refractivity (Wildman–Crippen MR) is 96.6 cm³/mol. The molecule has 0 radical (unpaired) electrons. The Morgan fingerprint density at radius 2 is 2.19 bits per heavy atom. The molecule has 8 nitrogen and oxygen atoms in total. The molecule has 0 saturated heterocycles. The number of nitrogens with one attached hydrogen (secondary N) is 1. The molecule has 0 unspecified atom stereocenters. The largest absolute Gasteiger partial charge is 0.482 e. The number of rotatable bonds is 6. The first kappa shape index (κ1) is 17.9. The summed E-state index contributed by atoms with van der Waals surface area (Å²) in [4.78, 5) is 40.2. The number of anilines is 2. The van der Waals surface area contributed by atoms with E-state index >= 15 is 0 Å². The molecule has 2 amide bonds. The van der Waals surface area contributed by atoms with Gasteiger partial charge in [0.25, 0.3) is 5.91 Å². The number of aliphatic carboxylic acids is 1. The zero-order chi connectivity index (χ0) is 18.7. The second kappa shape index (κ2) is 7.52. The molecule has 0 aliphatic carbocycles. The summed E-state index contributed by atoms with van der Waals surface area (Å²) < 4.78 is 5.45. The third kappa shape index (κ3) is 3.83. The van der Waals surface area contributed by atoms with Gasteiger partial charge < -0.3 is 20.1 Å². The number of thiazole rings is 1. The van der Waals surface area contributed by atoms with E-state index in [0.717, 1.165) is 5.56 Å². The fraction of sp³-hybridized carbons (Fsp3) is 0.294. The summed E-state index contributed by atoms with van der Waals surface area (Å²) in [6, 6.07) is 5.47. The Kier molecular flexibility index (Phi) is 5.17. The number of nitrogens with zero attached hydrogens (tertiary/aromatic N) is 2. The number of benzene rings is 1. The highest BCUT2D eigenvalue weighted by atomic mass is 32.1. The molecular formula is C17H17N3O5S. The van der Waals surface area contributed by atoms with Crippen LogP contribution in [0.4, 0.5) is 10.8 Å². The highest BCUT2D eigenvalue weighted by molar-refractivity contribution is 7.14. The Morgan fingerprint density at radius 3 is 2.92 bits per heavy atom. The molecule has 136 valence electrons. The van der Waals surface area contributed by atoms with Crippen LogP contribution in [0.15, 0.2) is 23.6 Å². The van der Waals surface area contributed by atoms with E-state index in [1.807, 2.05) is 19.1 Å². The fourth-order valence-electron chi connectivity index (χ4n) is 2.57. The number of ether oxygens (including phenoxy) is 1. The lowest BCUT2D eigenvalue weighted by atomic mass is 10.1. The molecule has 0 saturated carbocycles. The minimum absolute atomic E-state index is 0.0312. The van der Waals surface area contributed by atoms with E-state index in [9.17, 15) is 14.4 Å². The number of hydrogen-bond acceptors (Lipinski definition) is 6. The second-order valence-electron chi connectivity index (χ2n) is 5.59. The summed E-state index contributed by atoms with van der Waals surface area (Å²) in [6.07, 6.45) is -0.330. The minimum Gasteiger partial charge on any atom is -0.482 e. The van der Waals surface area contributed by atoms with Crippen molar-refractivity contribution >= 4 is 39.9 Å². The van der Waals surface area contributed by atoms with Crippen molar-refractivity contribution in [2.75, 3.05) is 23.4 Å². The van der Waals surface area contributed by atoms with Gasteiger partial charge >= 0.3 is 5.97 Å². The van der Waals surface area contributed by atoms with E-state index < -0.39 is 11.9 Å². The molecule has 1 aliphatic heterocycles. The maximum Gasteiger partial charge on any atom is 0.303 e. The van der Waals surface area contributed by atoms with Crippen LogP contribution in [0.1, 0.15) is 19.8 Å². The van der Waals surface area contributed by atoms with Crippen molar-refractivity contribution in [2.45, 2.75) is 19.8 Å². The van der Waals surface area contributed by atoms with Gasteiger partial charge in [-0.1, -0.05) is 0 Å². The predicted octanol–water partition coefficient (Wildman–Crippen LogP) is 2.36. The number of fused-ring (bicyclic) bond motifs is 1. The molecule has 0 spiro atoms. The first-order chi connectivity index (χ1) is 12.5. The van der Waals surface area contributed by atoms with Crippen LogP contribution in [0.5, 0.6) is 5.75 Å². The fourth-order valence-corrected chi connectivity index (χ4v) is 3.31. The molecule has 0 fully saturated rings. The third-order valence-corrected chi connectivity index (χ3v) is 4.59. The van der Waals surface area contributed by atoms with Crippen molar-refractivity contribution in [3.63, 3.8) is 0 Å². The standard InChI is InChI=1S/C17H17N3O5S/c1-2-20-12-7-10(3-4-13(12)25-8-15(20)22)11-9-26-17(18-11)19-14(21)5-6-16(23)24/h3-4,7,9H,2,5-6,8H2,1H3,(H,23,24)(H,18,19,21). The number of carboxylic acids is 1. The molecule has 26 heavy (non-hydrogen) atoms. The quantitative estimate of drug-likeness (QED) is 0.802. The van der Waals surface area contributed by atoms with Gasteiger partial charge in [-0.2, -0.15) is 0 Å². The molecule has 1 aromatic heterocycles. The lowest BCUT2D eigenvalue weighted by Crippen LogP contribution is -2.38. The van der Waals surface area contributed by atoms with Gasteiger partial charge in [-0.15, -0.1) is 11.3 Å². The zero-order valence-electron chi connectivity index (χ0n) is 14.0. The Labute approximate surface area is 153 Å². The van der Waals surface area contributed by atoms with Crippen LogP contribution in [0.25, 0.3) is 11.3 Å². The van der Waals surface area contributed by atoms with Crippen LogP contribution < -0.4 is 15.0 Å². The van der Waals surface area contributed by atoms with Gasteiger partial charge in [0.05, 0.1) is 17.8 Å². The van der Waals surface area contributed by atoms with Gasteiger partial charge in [0.15, 0.2) is 11.7 Å². The monoisotopic (exact) mass is 375 g/mol. The topological polar surface area (TPSA) is 109 Å². The smallest absolute Gasteiger partial charge is 0.303 e. The van der Waals surface area contributed by atoms with Crippen LogP contribution in [0.3, 0.4) is 0 Å². The number of amides is 2. The van der Waals surface area contributed by atoms with Gasteiger partial charge in [0.2, 0.25) is 5.91 Å². The van der Waals surface area contributed by atoms with E-state index in [0.29, 0.717) is 28.8 Å². The van der Waals surface area contributed by atoms with E-state index in [2.05, 4.69) is 10.3 Å². The molecule has 2 heterocycles. The third-order valence-electron chi connectivity index (χ3n) is 3.83. The number of aromatic nitrogens is 1. The Hall–Kier alpha value is -2.94. The Morgan fingerprint density at radius 1 is 1.38 bits per heavy atom. The minimum atomic E-state index is -1.02. The summed E-state index contributed by atoms with van der Waals surface area (Å²) in [6.45, 7) is 2.47. The first-order valence-corrected chi connectivity index (χ1v) is 8.90. The summed E-state index contributed by atoms with van der Waals surface area (Å²) >= 11 is 1.25. The van der Waals surface area contributed by atoms with E-state index in [4.69, 9.17) is 9.84 Å². The van der Waals surface area contributed by atoms with Gasteiger partial charge in [-0.3, -0.25) is 14.4 Å². The summed E-state index contributed by atoms with van der Waals surface area (Å²) in [5, 5.41) is 13.4. The van der Waals surface area contributed by atoms with E-state index in [1.54, 1.807) is 16.3 Å². The van der Waals surface area contributed by atoms with Gasteiger partial charge in [0.1, 0.15) is 5.75 Å². The van der Waals surface area contributed by atoms with Crippen LogP contribution in [0.2, 0.25) is 0 Å². The Balaban J connectivity index is 1.77. The van der Waals surface area contributed by atoms with Crippen LogP contribution in [-0.4, -0.2) is 41.0 Å². The SMILES string of the molecule is CCN1C(=O)COc2ccc(-c3csc(NC(=O)CCC(=O)O)n3)cc21. The summed E-state index contributed by atoms with van der Waals surface area (Å²) in [7, 11) is 0. The highest BCUT2D eigenvalue weighted by Crippen LogP contribution is 2.36. The molecule has 2 N–H and O–H groups in total. The lowest BCUT2D eigenvalue weighted by Gasteiger charge is -2.28. The van der Waals surface area contributed by atoms with Crippen LogP contribution in [0, 0.1) is 0 Å². The van der Waals surface area contributed by atoms with Crippen molar-refractivity contribution in [1.29, 1.82) is 0 Å². The average molecular weight is 375 g/mol. The normalized spacial score (nSPS) is 13.1. The van der Waals surface area contributed by atoms with E-state index in [1.165, 1.54) is 11.3 Å². The van der Waals surface area contributed by atoms with Crippen molar-refractivity contribution in [2.24, 2.45) is 0 Å². The molecule has 9 heteroatoms. The number of likely N-dealkylation sites (N-methyl/N-ethyl adjacent to an activating group) is 1. The Bertz CT molecular complexity index is 864.